The number of hydrogen-bond donors (Lipinski definition) is 2. The molecule has 1 aromatic carbocycles. The minimum Gasteiger partial charge on any atom is -0.392 e. The number of aliphatic hydroxyl groups excluding tert-OH is 1. The van der Waals surface area contributed by atoms with Crippen molar-refractivity contribution < 1.29 is 5.11 Å². The third-order valence-electron chi connectivity index (χ3n) is 4.05. The fraction of sp³-hybridized carbons (Fsp3) is 0.412. The van der Waals surface area contributed by atoms with Gasteiger partial charge in [0.1, 0.15) is 5.82 Å². The number of nitrogens with zero attached hydrogens (tertiary/aromatic N) is 2. The maximum Gasteiger partial charge on any atom is 0.255 e. The standard InChI is InChI=1S/C17H21N3O2/c1-12-18-16-11-20(10-15(16)17(22)19-12)9-14(21)8-7-13-5-3-2-4-6-13/h2-6,14,21H,7-11H2,1H3,(H,18,19,22). The number of fused-ring (bicyclic) bond motifs is 1. The second-order valence-electron chi connectivity index (χ2n) is 5.92. The number of benzene rings is 1. The Hall–Kier alpha value is -1.98. The largest absolute Gasteiger partial charge is 0.392 e. The summed E-state index contributed by atoms with van der Waals surface area (Å²) < 4.78 is 0. The van der Waals surface area contributed by atoms with Crippen LogP contribution in [0.4, 0.5) is 0 Å². The number of rotatable bonds is 5. The topological polar surface area (TPSA) is 69.2 Å². The molecule has 3 rings (SSSR count). The van der Waals surface area contributed by atoms with Crippen LogP contribution in [0.2, 0.25) is 0 Å². The fourth-order valence-corrected chi connectivity index (χ4v) is 2.95. The van der Waals surface area contributed by atoms with Crippen molar-refractivity contribution >= 4 is 0 Å². The van der Waals surface area contributed by atoms with Crippen molar-refractivity contribution in [1.29, 1.82) is 0 Å². The molecule has 1 aliphatic rings. The van der Waals surface area contributed by atoms with Crippen LogP contribution in [0.15, 0.2) is 35.1 Å². The highest BCUT2D eigenvalue weighted by molar-refractivity contribution is 5.22. The zero-order valence-electron chi connectivity index (χ0n) is 12.7. The minimum atomic E-state index is -0.394. The van der Waals surface area contributed by atoms with Gasteiger partial charge in [0.2, 0.25) is 0 Å². The molecule has 5 heteroatoms. The first-order chi connectivity index (χ1) is 10.6. The number of aromatic nitrogens is 2. The summed E-state index contributed by atoms with van der Waals surface area (Å²) >= 11 is 0. The Labute approximate surface area is 129 Å². The summed E-state index contributed by atoms with van der Waals surface area (Å²) in [6.07, 6.45) is 1.19. The van der Waals surface area contributed by atoms with Gasteiger partial charge in [-0.2, -0.15) is 0 Å². The van der Waals surface area contributed by atoms with Crippen LogP contribution >= 0.6 is 0 Å². The van der Waals surface area contributed by atoms with Gasteiger partial charge < -0.3 is 10.1 Å². The SMILES string of the molecule is Cc1nc2c(c(=O)[nH]1)CN(CC(O)CCc1ccccc1)C2. The van der Waals surface area contributed by atoms with Gasteiger partial charge in [-0.1, -0.05) is 30.3 Å². The molecule has 22 heavy (non-hydrogen) atoms. The zero-order valence-corrected chi connectivity index (χ0v) is 12.7. The molecule has 116 valence electrons. The van der Waals surface area contributed by atoms with E-state index < -0.39 is 6.10 Å². The van der Waals surface area contributed by atoms with Crippen LogP contribution in [0, 0.1) is 6.92 Å². The summed E-state index contributed by atoms with van der Waals surface area (Å²) in [6, 6.07) is 10.2. The normalized spacial score (nSPS) is 15.7. The molecule has 0 bridgehead atoms. The Morgan fingerprint density at radius 3 is 2.86 bits per heavy atom. The van der Waals surface area contributed by atoms with E-state index >= 15 is 0 Å². The highest BCUT2D eigenvalue weighted by atomic mass is 16.3. The number of aryl methyl sites for hydroxylation is 2. The Kier molecular flexibility index (Phi) is 4.36. The van der Waals surface area contributed by atoms with E-state index in [-0.39, 0.29) is 5.56 Å². The molecule has 0 amide bonds. The van der Waals surface area contributed by atoms with Crippen molar-refractivity contribution in [2.45, 2.75) is 39.0 Å². The van der Waals surface area contributed by atoms with Gasteiger partial charge in [0.25, 0.3) is 5.56 Å². The molecule has 2 N–H and O–H groups in total. The second-order valence-corrected chi connectivity index (χ2v) is 5.92. The fourth-order valence-electron chi connectivity index (χ4n) is 2.95. The molecule has 1 aliphatic heterocycles. The molecule has 2 heterocycles. The highest BCUT2D eigenvalue weighted by Crippen LogP contribution is 2.18. The molecule has 5 nitrogen and oxygen atoms in total. The van der Waals surface area contributed by atoms with Crippen molar-refractivity contribution in [3.63, 3.8) is 0 Å². The molecular formula is C17H21N3O2. The van der Waals surface area contributed by atoms with Crippen LogP contribution in [0.5, 0.6) is 0 Å². The highest BCUT2D eigenvalue weighted by Gasteiger charge is 2.24. The van der Waals surface area contributed by atoms with Gasteiger partial charge >= 0.3 is 0 Å². The van der Waals surface area contributed by atoms with Crippen molar-refractivity contribution in [3.05, 3.63) is 63.3 Å². The maximum atomic E-state index is 11.9. The molecule has 1 aromatic heterocycles. The van der Waals surface area contributed by atoms with Gasteiger partial charge in [-0.25, -0.2) is 4.98 Å². The first kappa shape index (κ1) is 14.9. The lowest BCUT2D eigenvalue weighted by molar-refractivity contribution is 0.104. The quantitative estimate of drug-likeness (QED) is 0.875. The van der Waals surface area contributed by atoms with Crippen molar-refractivity contribution in [1.82, 2.24) is 14.9 Å². The molecule has 0 spiro atoms. The van der Waals surface area contributed by atoms with E-state index in [0.717, 1.165) is 24.1 Å². The lowest BCUT2D eigenvalue weighted by Crippen LogP contribution is -2.29. The van der Waals surface area contributed by atoms with E-state index in [2.05, 4.69) is 27.0 Å². The van der Waals surface area contributed by atoms with Gasteiger partial charge in [-0.05, 0) is 25.3 Å². The van der Waals surface area contributed by atoms with Crippen LogP contribution in [0.1, 0.15) is 29.1 Å². The van der Waals surface area contributed by atoms with Crippen molar-refractivity contribution in [3.8, 4) is 0 Å². The van der Waals surface area contributed by atoms with Crippen molar-refractivity contribution in [2.75, 3.05) is 6.54 Å². The molecule has 2 aromatic rings. The third kappa shape index (κ3) is 3.43. The van der Waals surface area contributed by atoms with Gasteiger partial charge in [0, 0.05) is 19.6 Å². The molecule has 0 saturated carbocycles. The molecule has 0 aliphatic carbocycles. The monoisotopic (exact) mass is 299 g/mol. The van der Waals surface area contributed by atoms with Crippen LogP contribution < -0.4 is 5.56 Å². The number of nitrogens with one attached hydrogen (secondary N) is 1. The second kappa shape index (κ2) is 6.42. The summed E-state index contributed by atoms with van der Waals surface area (Å²) in [4.78, 5) is 21.1. The molecule has 1 unspecified atom stereocenters. The van der Waals surface area contributed by atoms with Crippen LogP contribution in [-0.2, 0) is 19.5 Å². The summed E-state index contributed by atoms with van der Waals surface area (Å²) in [5.74, 6) is 0.648. The zero-order chi connectivity index (χ0) is 15.5. The van der Waals surface area contributed by atoms with Gasteiger partial charge in [0.15, 0.2) is 0 Å². The molecule has 0 saturated heterocycles. The number of aromatic amines is 1. The number of hydrogen-bond acceptors (Lipinski definition) is 4. The van der Waals surface area contributed by atoms with Crippen LogP contribution in [-0.4, -0.2) is 32.6 Å². The van der Waals surface area contributed by atoms with Crippen LogP contribution in [0.3, 0.4) is 0 Å². The van der Waals surface area contributed by atoms with Gasteiger partial charge in [-0.15, -0.1) is 0 Å². The molecular weight excluding hydrogens is 278 g/mol. The number of aliphatic hydroxyl groups is 1. The average molecular weight is 299 g/mol. The maximum absolute atomic E-state index is 11.9. The Balaban J connectivity index is 1.54. The lowest BCUT2D eigenvalue weighted by atomic mass is 10.1. The third-order valence-corrected chi connectivity index (χ3v) is 4.05. The van der Waals surface area contributed by atoms with E-state index in [9.17, 15) is 9.90 Å². The predicted molar refractivity (Wildman–Crippen MR) is 84.5 cm³/mol. The smallest absolute Gasteiger partial charge is 0.255 e. The molecule has 0 radical (unpaired) electrons. The summed E-state index contributed by atoms with van der Waals surface area (Å²) in [7, 11) is 0. The average Bonchev–Trinajstić information content (AvgIpc) is 2.89. The van der Waals surface area contributed by atoms with E-state index in [1.807, 2.05) is 18.2 Å². The summed E-state index contributed by atoms with van der Waals surface area (Å²) in [6.45, 7) is 3.57. The first-order valence-electron chi connectivity index (χ1n) is 7.65. The van der Waals surface area contributed by atoms with E-state index in [0.29, 0.717) is 25.5 Å². The lowest BCUT2D eigenvalue weighted by Gasteiger charge is -2.19. The Bertz CT molecular complexity index is 697. The van der Waals surface area contributed by atoms with Gasteiger partial charge in [0.05, 0.1) is 17.4 Å². The summed E-state index contributed by atoms with van der Waals surface area (Å²) in [5.41, 5.74) is 2.76. The van der Waals surface area contributed by atoms with E-state index in [1.54, 1.807) is 6.92 Å². The first-order valence-corrected chi connectivity index (χ1v) is 7.65. The van der Waals surface area contributed by atoms with E-state index in [4.69, 9.17) is 0 Å². The molecule has 1 atom stereocenters. The predicted octanol–water partition coefficient (Wildman–Crippen LogP) is 1.39. The minimum absolute atomic E-state index is 0.0521. The number of H-pyrrole nitrogens is 1. The Morgan fingerprint density at radius 1 is 1.32 bits per heavy atom. The molecule has 0 fully saturated rings. The number of β-amino-alcohol motifs (C(OH)–C–C–N with tert-alkyl or cyclic N) is 1. The van der Waals surface area contributed by atoms with Crippen molar-refractivity contribution in [2.24, 2.45) is 0 Å². The van der Waals surface area contributed by atoms with E-state index in [1.165, 1.54) is 5.56 Å². The van der Waals surface area contributed by atoms with Gasteiger partial charge in [-0.3, -0.25) is 9.69 Å². The Morgan fingerprint density at radius 2 is 2.09 bits per heavy atom. The van der Waals surface area contributed by atoms with Crippen LogP contribution in [0.25, 0.3) is 0 Å². The summed E-state index contributed by atoms with van der Waals surface area (Å²) in [5, 5.41) is 10.2.